The molecule has 0 radical (unpaired) electrons. The zero-order chi connectivity index (χ0) is 19.4. The van der Waals surface area contributed by atoms with Gasteiger partial charge in [-0.3, -0.25) is 9.78 Å². The zero-order valence-corrected chi connectivity index (χ0v) is 15.7. The summed E-state index contributed by atoms with van der Waals surface area (Å²) in [6.45, 7) is 2.14. The van der Waals surface area contributed by atoms with Crippen LogP contribution in [-0.2, 0) is 0 Å². The SMILES string of the molecule is O=C(c1cnc2ccccc2n1)N1CCN(c2ncnc3[nH]ccc23)CC12CC2. The third-order valence-electron chi connectivity index (χ3n) is 6.02. The van der Waals surface area contributed by atoms with Crippen LogP contribution in [0.2, 0.25) is 0 Å². The van der Waals surface area contributed by atoms with Gasteiger partial charge in [-0.1, -0.05) is 12.1 Å². The molecule has 8 heteroatoms. The van der Waals surface area contributed by atoms with Crippen molar-refractivity contribution in [2.24, 2.45) is 0 Å². The van der Waals surface area contributed by atoms with Crippen molar-refractivity contribution < 1.29 is 4.79 Å². The second kappa shape index (κ2) is 5.97. The second-order valence-corrected chi connectivity index (χ2v) is 7.78. The summed E-state index contributed by atoms with van der Waals surface area (Å²) in [4.78, 5) is 38.5. The fraction of sp³-hybridized carbons (Fsp3) is 0.286. The van der Waals surface area contributed by atoms with E-state index in [4.69, 9.17) is 0 Å². The number of aromatic nitrogens is 5. The molecule has 29 heavy (non-hydrogen) atoms. The monoisotopic (exact) mass is 385 g/mol. The molecule has 1 amide bonds. The van der Waals surface area contributed by atoms with E-state index in [9.17, 15) is 4.79 Å². The van der Waals surface area contributed by atoms with E-state index in [-0.39, 0.29) is 11.4 Å². The largest absolute Gasteiger partial charge is 0.352 e. The number of anilines is 1. The average molecular weight is 385 g/mol. The summed E-state index contributed by atoms with van der Waals surface area (Å²) in [5.74, 6) is 0.898. The van der Waals surface area contributed by atoms with Crippen LogP contribution in [0.5, 0.6) is 0 Å². The highest BCUT2D eigenvalue weighted by molar-refractivity contribution is 5.95. The Morgan fingerprint density at radius 3 is 2.76 bits per heavy atom. The Balaban J connectivity index is 1.29. The standard InChI is InChI=1S/C21H19N7O/c29-20(17-11-23-15-3-1-2-4-16(15)26-17)28-10-9-27(12-21(28)6-7-21)19-14-5-8-22-18(14)24-13-25-19/h1-5,8,11,13H,6-7,9-10,12H2,(H,22,24,25). The van der Waals surface area contributed by atoms with E-state index in [1.165, 1.54) is 0 Å². The van der Waals surface area contributed by atoms with Crippen molar-refractivity contribution in [3.05, 3.63) is 54.7 Å². The van der Waals surface area contributed by atoms with E-state index in [0.29, 0.717) is 12.2 Å². The minimum absolute atomic E-state index is 0.0325. The lowest BCUT2D eigenvalue weighted by molar-refractivity contribution is 0.0618. The molecule has 2 aliphatic rings. The fourth-order valence-electron chi connectivity index (χ4n) is 4.36. The van der Waals surface area contributed by atoms with Gasteiger partial charge in [0.15, 0.2) is 0 Å². The Hall–Kier alpha value is -3.55. The predicted molar refractivity (Wildman–Crippen MR) is 109 cm³/mol. The van der Waals surface area contributed by atoms with Gasteiger partial charge in [0.25, 0.3) is 5.91 Å². The average Bonchev–Trinajstić information content (AvgIpc) is 3.34. The molecular weight excluding hydrogens is 366 g/mol. The number of hydrogen-bond donors (Lipinski definition) is 1. The lowest BCUT2D eigenvalue weighted by atomic mass is 10.1. The van der Waals surface area contributed by atoms with Gasteiger partial charge in [0.2, 0.25) is 0 Å². The number of fused-ring (bicyclic) bond motifs is 2. The number of para-hydroxylation sites is 2. The summed E-state index contributed by atoms with van der Waals surface area (Å²) in [5.41, 5.74) is 2.66. The van der Waals surface area contributed by atoms with Crippen LogP contribution in [0.25, 0.3) is 22.1 Å². The highest BCUT2D eigenvalue weighted by atomic mass is 16.2. The van der Waals surface area contributed by atoms with Crippen molar-refractivity contribution in [3.63, 3.8) is 0 Å². The van der Waals surface area contributed by atoms with Crippen LogP contribution in [0.15, 0.2) is 49.1 Å². The van der Waals surface area contributed by atoms with E-state index in [1.54, 1.807) is 12.5 Å². The molecule has 1 aliphatic carbocycles. The van der Waals surface area contributed by atoms with Gasteiger partial charge in [0, 0.05) is 25.8 Å². The molecule has 4 aromatic rings. The molecule has 0 bridgehead atoms. The Morgan fingerprint density at radius 2 is 1.90 bits per heavy atom. The molecule has 0 unspecified atom stereocenters. The summed E-state index contributed by atoms with van der Waals surface area (Å²) in [6, 6.07) is 9.64. The van der Waals surface area contributed by atoms with Crippen LogP contribution in [-0.4, -0.2) is 60.9 Å². The van der Waals surface area contributed by atoms with Crippen LogP contribution in [0.1, 0.15) is 23.3 Å². The lowest BCUT2D eigenvalue weighted by Crippen LogP contribution is -2.57. The van der Waals surface area contributed by atoms with Gasteiger partial charge in [-0.15, -0.1) is 0 Å². The van der Waals surface area contributed by atoms with Crippen LogP contribution >= 0.6 is 0 Å². The molecular formula is C21H19N7O. The van der Waals surface area contributed by atoms with Crippen LogP contribution in [0.3, 0.4) is 0 Å². The summed E-state index contributed by atoms with van der Waals surface area (Å²) >= 11 is 0. The summed E-state index contributed by atoms with van der Waals surface area (Å²) in [7, 11) is 0. The summed E-state index contributed by atoms with van der Waals surface area (Å²) < 4.78 is 0. The first kappa shape index (κ1) is 16.4. The number of nitrogens with zero attached hydrogens (tertiary/aromatic N) is 6. The highest BCUT2D eigenvalue weighted by Gasteiger charge is 2.53. The Labute approximate surface area is 166 Å². The molecule has 1 aliphatic heterocycles. The third-order valence-corrected chi connectivity index (χ3v) is 6.02. The number of carbonyl (C=O) groups excluding carboxylic acids is 1. The molecule has 1 aromatic carbocycles. The van der Waals surface area contributed by atoms with E-state index in [0.717, 1.165) is 53.8 Å². The van der Waals surface area contributed by atoms with E-state index < -0.39 is 0 Å². The zero-order valence-electron chi connectivity index (χ0n) is 15.7. The Bertz CT molecular complexity index is 1250. The van der Waals surface area contributed by atoms with E-state index in [1.807, 2.05) is 41.4 Å². The molecule has 1 N–H and O–H groups in total. The summed E-state index contributed by atoms with van der Waals surface area (Å²) in [6.07, 6.45) is 7.07. The smallest absolute Gasteiger partial charge is 0.274 e. The van der Waals surface area contributed by atoms with Gasteiger partial charge < -0.3 is 14.8 Å². The molecule has 1 spiro atoms. The number of H-pyrrole nitrogens is 1. The fourth-order valence-corrected chi connectivity index (χ4v) is 4.36. The van der Waals surface area contributed by atoms with Crippen molar-refractivity contribution in [2.75, 3.05) is 24.5 Å². The minimum atomic E-state index is -0.143. The Morgan fingerprint density at radius 1 is 1.03 bits per heavy atom. The molecule has 2 fully saturated rings. The summed E-state index contributed by atoms with van der Waals surface area (Å²) in [5, 5.41) is 1.02. The number of piperazine rings is 1. The number of aromatic amines is 1. The van der Waals surface area contributed by atoms with Gasteiger partial charge in [0.05, 0.1) is 28.2 Å². The first-order valence-corrected chi connectivity index (χ1v) is 9.80. The molecule has 0 atom stereocenters. The van der Waals surface area contributed by atoms with Gasteiger partial charge >= 0.3 is 0 Å². The molecule has 6 rings (SSSR count). The number of carbonyl (C=O) groups is 1. The van der Waals surface area contributed by atoms with Gasteiger partial charge in [0.1, 0.15) is 23.5 Å². The van der Waals surface area contributed by atoms with E-state index in [2.05, 4.69) is 29.8 Å². The van der Waals surface area contributed by atoms with Gasteiger partial charge in [-0.2, -0.15) is 0 Å². The van der Waals surface area contributed by atoms with Crippen LogP contribution in [0.4, 0.5) is 5.82 Å². The number of rotatable bonds is 2. The first-order chi connectivity index (χ1) is 14.2. The first-order valence-electron chi connectivity index (χ1n) is 9.80. The number of nitrogens with one attached hydrogen (secondary N) is 1. The quantitative estimate of drug-likeness (QED) is 0.570. The van der Waals surface area contributed by atoms with Gasteiger partial charge in [-0.05, 0) is 31.0 Å². The van der Waals surface area contributed by atoms with Crippen molar-refractivity contribution in [1.29, 1.82) is 0 Å². The van der Waals surface area contributed by atoms with Crippen molar-refractivity contribution in [1.82, 2.24) is 29.8 Å². The molecule has 4 heterocycles. The van der Waals surface area contributed by atoms with Gasteiger partial charge in [-0.25, -0.2) is 15.0 Å². The number of amides is 1. The Kier molecular flexibility index (Phi) is 3.38. The topological polar surface area (TPSA) is 90.9 Å². The maximum Gasteiger partial charge on any atom is 0.274 e. The molecule has 144 valence electrons. The van der Waals surface area contributed by atoms with Crippen LogP contribution in [0, 0.1) is 0 Å². The highest BCUT2D eigenvalue weighted by Crippen LogP contribution is 2.45. The number of benzene rings is 1. The molecule has 3 aromatic heterocycles. The van der Waals surface area contributed by atoms with E-state index >= 15 is 0 Å². The molecule has 1 saturated carbocycles. The third kappa shape index (κ3) is 2.55. The van der Waals surface area contributed by atoms with Crippen molar-refractivity contribution in [2.45, 2.75) is 18.4 Å². The normalized spacial score (nSPS) is 17.9. The number of hydrogen-bond acceptors (Lipinski definition) is 6. The lowest BCUT2D eigenvalue weighted by Gasteiger charge is -2.42. The maximum atomic E-state index is 13.3. The second-order valence-electron chi connectivity index (χ2n) is 7.78. The molecule has 1 saturated heterocycles. The van der Waals surface area contributed by atoms with Crippen LogP contribution < -0.4 is 4.90 Å². The molecule has 8 nitrogen and oxygen atoms in total. The van der Waals surface area contributed by atoms with Crippen molar-refractivity contribution >= 4 is 33.8 Å². The van der Waals surface area contributed by atoms with Crippen molar-refractivity contribution in [3.8, 4) is 0 Å². The minimum Gasteiger partial charge on any atom is -0.352 e. The maximum absolute atomic E-state index is 13.3. The predicted octanol–water partition coefficient (Wildman–Crippen LogP) is 2.40.